The highest BCUT2D eigenvalue weighted by Crippen LogP contribution is 2.28. The van der Waals surface area contributed by atoms with E-state index in [9.17, 15) is 19.7 Å². The van der Waals surface area contributed by atoms with E-state index in [0.29, 0.717) is 17.1 Å². The predicted octanol–water partition coefficient (Wildman–Crippen LogP) is 4.69. The van der Waals surface area contributed by atoms with Crippen molar-refractivity contribution >= 4 is 28.9 Å². The highest BCUT2D eigenvalue weighted by molar-refractivity contribution is 6.03. The first kappa shape index (κ1) is 21.0. The number of carbonyl (C=O) groups is 2. The second-order valence-electron chi connectivity index (χ2n) is 7.61. The summed E-state index contributed by atoms with van der Waals surface area (Å²) in [6, 6.07) is 20.4. The first-order valence-corrected chi connectivity index (χ1v) is 10.1. The molecule has 1 atom stereocenters. The molecule has 1 aliphatic rings. The lowest BCUT2D eigenvalue weighted by molar-refractivity contribution is -0.384. The van der Waals surface area contributed by atoms with Crippen LogP contribution in [0.2, 0.25) is 0 Å². The summed E-state index contributed by atoms with van der Waals surface area (Å²) in [7, 11) is 0. The lowest BCUT2D eigenvalue weighted by Gasteiger charge is -2.16. The van der Waals surface area contributed by atoms with Crippen LogP contribution in [0.4, 0.5) is 17.1 Å². The number of hydrogen-bond donors (Lipinski definition) is 1. The lowest BCUT2D eigenvalue weighted by atomic mass is 10.1. The van der Waals surface area contributed by atoms with Gasteiger partial charge in [0.1, 0.15) is 11.5 Å². The monoisotopic (exact) mass is 431 g/mol. The number of nitrogens with one attached hydrogen (secondary N) is 1. The van der Waals surface area contributed by atoms with Crippen molar-refractivity contribution in [1.29, 1.82) is 0 Å². The molecule has 1 heterocycles. The summed E-state index contributed by atoms with van der Waals surface area (Å²) in [5.41, 5.74) is 2.23. The predicted molar refractivity (Wildman–Crippen MR) is 120 cm³/mol. The van der Waals surface area contributed by atoms with Crippen molar-refractivity contribution in [2.45, 2.75) is 13.3 Å². The number of aryl methyl sites for hydroxylation is 1. The van der Waals surface area contributed by atoms with Crippen molar-refractivity contribution < 1.29 is 19.2 Å². The number of nitro benzene ring substituents is 1. The molecule has 32 heavy (non-hydrogen) atoms. The summed E-state index contributed by atoms with van der Waals surface area (Å²) in [5.74, 6) is 0.410. The van der Waals surface area contributed by atoms with Crippen LogP contribution in [0.3, 0.4) is 0 Å². The van der Waals surface area contributed by atoms with Crippen LogP contribution in [0.25, 0.3) is 0 Å². The van der Waals surface area contributed by atoms with Crippen molar-refractivity contribution in [3.63, 3.8) is 0 Å². The maximum absolute atomic E-state index is 12.7. The van der Waals surface area contributed by atoms with Crippen LogP contribution >= 0.6 is 0 Å². The quantitative estimate of drug-likeness (QED) is 0.451. The van der Waals surface area contributed by atoms with Gasteiger partial charge in [-0.25, -0.2) is 0 Å². The van der Waals surface area contributed by atoms with Crippen LogP contribution in [0, 0.1) is 23.0 Å². The Balaban J connectivity index is 1.36. The highest BCUT2D eigenvalue weighted by Gasteiger charge is 2.35. The van der Waals surface area contributed by atoms with Gasteiger partial charge in [-0.1, -0.05) is 17.7 Å². The minimum absolute atomic E-state index is 0.0514. The molecule has 0 aromatic heterocycles. The smallest absolute Gasteiger partial charge is 0.269 e. The van der Waals surface area contributed by atoms with E-state index in [0.717, 1.165) is 11.3 Å². The molecule has 0 saturated carbocycles. The molecule has 8 nitrogen and oxygen atoms in total. The number of amides is 2. The molecule has 1 fully saturated rings. The largest absolute Gasteiger partial charge is 0.457 e. The Morgan fingerprint density at radius 3 is 2.19 bits per heavy atom. The van der Waals surface area contributed by atoms with Crippen LogP contribution in [0.15, 0.2) is 72.8 Å². The normalized spacial score (nSPS) is 15.5. The fourth-order valence-electron chi connectivity index (χ4n) is 3.48. The third-order valence-electron chi connectivity index (χ3n) is 5.25. The van der Waals surface area contributed by atoms with Gasteiger partial charge in [0.25, 0.3) is 5.69 Å². The Kier molecular flexibility index (Phi) is 5.85. The van der Waals surface area contributed by atoms with Crippen LogP contribution in [-0.4, -0.2) is 23.3 Å². The van der Waals surface area contributed by atoms with Gasteiger partial charge in [-0.2, -0.15) is 0 Å². The zero-order valence-corrected chi connectivity index (χ0v) is 17.4. The summed E-state index contributed by atoms with van der Waals surface area (Å²) in [6.45, 7) is 2.22. The molecule has 0 bridgehead atoms. The Morgan fingerprint density at radius 1 is 1.00 bits per heavy atom. The van der Waals surface area contributed by atoms with Crippen molar-refractivity contribution in [3.05, 3.63) is 88.5 Å². The van der Waals surface area contributed by atoms with Gasteiger partial charge in [0.2, 0.25) is 11.8 Å². The zero-order valence-electron chi connectivity index (χ0n) is 17.4. The number of rotatable bonds is 6. The number of non-ortho nitro benzene ring substituents is 1. The molecule has 8 heteroatoms. The second-order valence-corrected chi connectivity index (χ2v) is 7.61. The molecular weight excluding hydrogens is 410 g/mol. The molecule has 0 spiro atoms. The van der Waals surface area contributed by atoms with E-state index in [-0.39, 0.29) is 30.5 Å². The SMILES string of the molecule is Cc1ccc(Oc2ccc(NC(=O)[C@H]3CC(=O)N(c4ccc([N+](=O)[O-])cc4)C3)cc2)cc1. The van der Waals surface area contributed by atoms with Gasteiger partial charge in [-0.15, -0.1) is 0 Å². The Labute approximate surface area is 184 Å². The first-order chi connectivity index (χ1) is 15.4. The number of benzene rings is 3. The molecule has 3 aromatic carbocycles. The van der Waals surface area contributed by atoms with Gasteiger partial charge < -0.3 is 15.0 Å². The van der Waals surface area contributed by atoms with Gasteiger partial charge >= 0.3 is 0 Å². The highest BCUT2D eigenvalue weighted by atomic mass is 16.6. The van der Waals surface area contributed by atoms with Gasteiger partial charge in [0.05, 0.1) is 10.8 Å². The molecular formula is C24H21N3O5. The molecule has 2 amide bonds. The Morgan fingerprint density at radius 2 is 1.59 bits per heavy atom. The second kappa shape index (κ2) is 8.89. The summed E-state index contributed by atoms with van der Waals surface area (Å²) in [6.07, 6.45) is 0.0808. The number of carbonyl (C=O) groups excluding carboxylic acids is 2. The molecule has 1 aliphatic heterocycles. The molecule has 1 N–H and O–H groups in total. The Bertz CT molecular complexity index is 1140. The van der Waals surface area contributed by atoms with Crippen LogP contribution in [0.1, 0.15) is 12.0 Å². The summed E-state index contributed by atoms with van der Waals surface area (Å²) in [5, 5.41) is 13.6. The van der Waals surface area contributed by atoms with E-state index in [1.807, 2.05) is 31.2 Å². The third-order valence-corrected chi connectivity index (χ3v) is 5.25. The van der Waals surface area contributed by atoms with Crippen molar-refractivity contribution in [2.24, 2.45) is 5.92 Å². The number of hydrogen-bond acceptors (Lipinski definition) is 5. The molecule has 162 valence electrons. The zero-order chi connectivity index (χ0) is 22.7. The summed E-state index contributed by atoms with van der Waals surface area (Å²) >= 11 is 0. The van der Waals surface area contributed by atoms with E-state index < -0.39 is 10.8 Å². The fraction of sp³-hybridized carbons (Fsp3) is 0.167. The summed E-state index contributed by atoms with van der Waals surface area (Å²) < 4.78 is 5.79. The molecule has 0 aliphatic carbocycles. The average Bonchev–Trinajstić information content (AvgIpc) is 3.18. The maximum Gasteiger partial charge on any atom is 0.269 e. The van der Waals surface area contributed by atoms with E-state index in [4.69, 9.17) is 4.74 Å². The fourth-order valence-corrected chi connectivity index (χ4v) is 3.48. The Hall–Kier alpha value is -4.20. The van der Waals surface area contributed by atoms with Gasteiger partial charge in [0.15, 0.2) is 0 Å². The first-order valence-electron chi connectivity index (χ1n) is 10.1. The minimum Gasteiger partial charge on any atom is -0.457 e. The van der Waals surface area contributed by atoms with Crippen molar-refractivity contribution in [3.8, 4) is 11.5 Å². The molecule has 4 rings (SSSR count). The average molecular weight is 431 g/mol. The van der Waals surface area contributed by atoms with Crippen LogP contribution in [-0.2, 0) is 9.59 Å². The van der Waals surface area contributed by atoms with E-state index in [1.165, 1.54) is 29.2 Å². The number of anilines is 2. The lowest BCUT2D eigenvalue weighted by Crippen LogP contribution is -2.28. The van der Waals surface area contributed by atoms with Crippen LogP contribution < -0.4 is 15.0 Å². The van der Waals surface area contributed by atoms with Gasteiger partial charge in [-0.05, 0) is 55.5 Å². The standard InChI is InChI=1S/C24H21N3O5/c1-16-2-10-21(11-3-16)32-22-12-4-18(5-13-22)25-24(29)17-14-23(28)26(15-17)19-6-8-20(9-7-19)27(30)31/h2-13,17H,14-15H2,1H3,(H,25,29)/t17-/m0/s1. The third kappa shape index (κ3) is 4.75. The molecule has 1 saturated heterocycles. The number of ether oxygens (including phenoxy) is 1. The molecule has 0 unspecified atom stereocenters. The topological polar surface area (TPSA) is 102 Å². The molecule has 0 radical (unpaired) electrons. The number of nitro groups is 1. The van der Waals surface area contributed by atoms with E-state index in [1.54, 1.807) is 24.3 Å². The van der Waals surface area contributed by atoms with Crippen molar-refractivity contribution in [1.82, 2.24) is 0 Å². The van der Waals surface area contributed by atoms with E-state index in [2.05, 4.69) is 5.32 Å². The number of nitrogens with zero attached hydrogens (tertiary/aromatic N) is 2. The maximum atomic E-state index is 12.7. The molecule has 3 aromatic rings. The van der Waals surface area contributed by atoms with Gasteiger partial charge in [-0.3, -0.25) is 19.7 Å². The van der Waals surface area contributed by atoms with Gasteiger partial charge in [0, 0.05) is 36.5 Å². The van der Waals surface area contributed by atoms with Crippen molar-refractivity contribution in [2.75, 3.05) is 16.8 Å². The van der Waals surface area contributed by atoms with Crippen LogP contribution in [0.5, 0.6) is 11.5 Å². The minimum atomic E-state index is -0.513. The summed E-state index contributed by atoms with van der Waals surface area (Å²) in [4.78, 5) is 36.9. The van der Waals surface area contributed by atoms with E-state index >= 15 is 0 Å².